The van der Waals surface area contributed by atoms with Crippen LogP contribution in [-0.4, -0.2) is 39.3 Å². The molecule has 2 rings (SSSR count). The molecule has 12 nitrogen and oxygen atoms in total. The van der Waals surface area contributed by atoms with E-state index in [1.54, 1.807) is 0 Å². The molecule has 140 valence electrons. The Balaban J connectivity index is 2.24. The van der Waals surface area contributed by atoms with E-state index in [4.69, 9.17) is 4.74 Å². The van der Waals surface area contributed by atoms with Crippen LogP contribution < -0.4 is 10.2 Å². The van der Waals surface area contributed by atoms with Gasteiger partial charge in [-0.25, -0.2) is 5.43 Å². The van der Waals surface area contributed by atoms with Gasteiger partial charge in [0.25, 0.3) is 11.6 Å². The summed E-state index contributed by atoms with van der Waals surface area (Å²) in [7, 11) is 1.20. The van der Waals surface area contributed by atoms with E-state index >= 15 is 0 Å². The monoisotopic (exact) mass is 376 g/mol. The Kier molecular flexibility index (Phi) is 5.50. The topological polar surface area (TPSA) is 177 Å². The normalized spacial score (nSPS) is 10.6. The number of rotatable bonds is 6. The van der Waals surface area contributed by atoms with Gasteiger partial charge in [-0.1, -0.05) is 0 Å². The number of non-ortho nitro benzene ring substituents is 1. The van der Waals surface area contributed by atoms with Crippen LogP contribution in [0.3, 0.4) is 0 Å². The minimum absolute atomic E-state index is 0.125. The van der Waals surface area contributed by atoms with E-state index in [2.05, 4.69) is 5.10 Å². The van der Waals surface area contributed by atoms with Crippen molar-refractivity contribution in [3.63, 3.8) is 0 Å². The largest absolute Gasteiger partial charge is 0.507 e. The van der Waals surface area contributed by atoms with Crippen LogP contribution in [0.25, 0.3) is 0 Å². The Labute approximate surface area is 150 Å². The minimum atomic E-state index is -0.937. The lowest BCUT2D eigenvalue weighted by Gasteiger charge is -2.05. The van der Waals surface area contributed by atoms with Crippen molar-refractivity contribution in [1.29, 1.82) is 0 Å². The SMILES string of the molecule is COc1cc(/C=N\NC(=O)c2cc([N+](=O)[O-])ccc2O)cc([N+](=O)[O-])c1O. The number of nitro benzene ring substituents is 2. The van der Waals surface area contributed by atoms with Crippen molar-refractivity contribution in [3.8, 4) is 17.2 Å². The van der Waals surface area contributed by atoms with Gasteiger partial charge in [-0.15, -0.1) is 0 Å². The van der Waals surface area contributed by atoms with Crippen molar-refractivity contribution >= 4 is 23.5 Å². The standard InChI is InChI=1S/C15H12N4O8/c1-27-13-5-8(4-11(14(13)21)19(25)26)7-16-17-15(22)10-6-9(18(23)24)2-3-12(10)20/h2-7,20-21H,1H3,(H,17,22)/b16-7-. The summed E-state index contributed by atoms with van der Waals surface area (Å²) in [4.78, 5) is 32.1. The molecule has 0 aliphatic heterocycles. The van der Waals surface area contributed by atoms with Crippen molar-refractivity contribution in [1.82, 2.24) is 5.43 Å². The van der Waals surface area contributed by atoms with Gasteiger partial charge in [-0.05, 0) is 12.1 Å². The molecule has 0 aromatic heterocycles. The maximum Gasteiger partial charge on any atom is 0.315 e. The van der Waals surface area contributed by atoms with E-state index in [1.807, 2.05) is 5.43 Å². The first kappa shape index (κ1) is 19.1. The summed E-state index contributed by atoms with van der Waals surface area (Å²) in [6.45, 7) is 0. The Morgan fingerprint density at radius 3 is 2.48 bits per heavy atom. The van der Waals surface area contributed by atoms with Crippen LogP contribution >= 0.6 is 0 Å². The first-order chi connectivity index (χ1) is 12.7. The van der Waals surface area contributed by atoms with Gasteiger partial charge in [-0.2, -0.15) is 5.10 Å². The molecule has 0 aliphatic rings. The molecule has 0 spiro atoms. The average Bonchev–Trinajstić information content (AvgIpc) is 2.62. The van der Waals surface area contributed by atoms with Gasteiger partial charge >= 0.3 is 5.69 Å². The zero-order valence-corrected chi connectivity index (χ0v) is 13.6. The van der Waals surface area contributed by atoms with Gasteiger partial charge in [0, 0.05) is 23.8 Å². The quantitative estimate of drug-likeness (QED) is 0.387. The van der Waals surface area contributed by atoms with Crippen molar-refractivity contribution < 1.29 is 29.6 Å². The van der Waals surface area contributed by atoms with Gasteiger partial charge < -0.3 is 14.9 Å². The summed E-state index contributed by atoms with van der Waals surface area (Å²) in [6, 6.07) is 5.12. The second-order valence-electron chi connectivity index (χ2n) is 5.01. The number of methoxy groups -OCH3 is 1. The number of hydrazone groups is 1. The smallest absolute Gasteiger partial charge is 0.315 e. The molecule has 0 fully saturated rings. The number of phenolic OH excluding ortho intramolecular Hbond substituents is 2. The third-order valence-corrected chi connectivity index (χ3v) is 3.31. The van der Waals surface area contributed by atoms with Gasteiger partial charge in [0.2, 0.25) is 5.75 Å². The molecule has 0 saturated carbocycles. The summed E-state index contributed by atoms with van der Waals surface area (Å²) in [5.74, 6) is -2.26. The summed E-state index contributed by atoms with van der Waals surface area (Å²) < 4.78 is 4.82. The molecule has 12 heteroatoms. The van der Waals surface area contributed by atoms with Gasteiger partial charge in [-0.3, -0.25) is 25.0 Å². The molecule has 0 radical (unpaired) electrons. The average molecular weight is 376 g/mol. The first-order valence-corrected chi connectivity index (χ1v) is 7.10. The predicted octanol–water partition coefficient (Wildman–Crippen LogP) is 1.69. The number of ether oxygens (including phenoxy) is 1. The van der Waals surface area contributed by atoms with Gasteiger partial charge in [0.15, 0.2) is 5.75 Å². The number of phenols is 2. The molecule has 27 heavy (non-hydrogen) atoms. The molecule has 0 heterocycles. The van der Waals surface area contributed by atoms with Crippen molar-refractivity contribution in [2.45, 2.75) is 0 Å². The number of nitro groups is 2. The van der Waals surface area contributed by atoms with E-state index in [9.17, 15) is 35.2 Å². The molecule has 0 atom stereocenters. The molecule has 0 aliphatic carbocycles. The number of nitrogens with one attached hydrogen (secondary N) is 1. The molecular weight excluding hydrogens is 364 g/mol. The third kappa shape index (κ3) is 4.25. The number of hydrogen-bond donors (Lipinski definition) is 3. The maximum atomic E-state index is 12.0. The predicted molar refractivity (Wildman–Crippen MR) is 91.1 cm³/mol. The van der Waals surface area contributed by atoms with Crippen LogP contribution in [-0.2, 0) is 0 Å². The lowest BCUT2D eigenvalue weighted by molar-refractivity contribution is -0.386. The number of nitrogens with zero attached hydrogens (tertiary/aromatic N) is 3. The van der Waals surface area contributed by atoms with Crippen LogP contribution in [0, 0.1) is 20.2 Å². The van der Waals surface area contributed by atoms with E-state index in [1.165, 1.54) is 13.2 Å². The molecule has 2 aromatic carbocycles. The van der Waals surface area contributed by atoms with E-state index in [0.717, 1.165) is 30.5 Å². The fraction of sp³-hybridized carbons (Fsp3) is 0.0667. The molecular formula is C15H12N4O8. The van der Waals surface area contributed by atoms with Crippen LogP contribution in [0.4, 0.5) is 11.4 Å². The molecule has 2 aromatic rings. The fourth-order valence-corrected chi connectivity index (χ4v) is 2.03. The zero-order chi connectivity index (χ0) is 20.1. The second-order valence-corrected chi connectivity index (χ2v) is 5.01. The number of aromatic hydroxyl groups is 2. The van der Waals surface area contributed by atoms with Crippen molar-refractivity contribution in [2.24, 2.45) is 5.10 Å². The number of hydrogen-bond acceptors (Lipinski definition) is 9. The fourth-order valence-electron chi connectivity index (χ4n) is 2.03. The number of carbonyl (C=O) groups excluding carboxylic acids is 1. The van der Waals surface area contributed by atoms with Gasteiger partial charge in [0.05, 0.1) is 28.7 Å². The highest BCUT2D eigenvalue weighted by molar-refractivity contribution is 5.98. The van der Waals surface area contributed by atoms with Crippen LogP contribution in [0.2, 0.25) is 0 Å². The molecule has 0 unspecified atom stereocenters. The molecule has 1 amide bonds. The van der Waals surface area contributed by atoms with E-state index < -0.39 is 38.6 Å². The van der Waals surface area contributed by atoms with E-state index in [-0.39, 0.29) is 16.9 Å². The molecule has 0 bridgehead atoms. The lowest BCUT2D eigenvalue weighted by atomic mass is 10.1. The third-order valence-electron chi connectivity index (χ3n) is 3.31. The Bertz CT molecular complexity index is 957. The molecule has 3 N–H and O–H groups in total. The van der Waals surface area contributed by atoms with Crippen LogP contribution in [0.5, 0.6) is 17.2 Å². The summed E-state index contributed by atoms with van der Waals surface area (Å²) in [6.07, 6.45) is 1.03. The molecule has 0 saturated heterocycles. The lowest BCUT2D eigenvalue weighted by Crippen LogP contribution is -2.18. The van der Waals surface area contributed by atoms with E-state index in [0.29, 0.717) is 0 Å². The summed E-state index contributed by atoms with van der Waals surface area (Å²) >= 11 is 0. The number of carbonyl (C=O) groups is 1. The summed E-state index contributed by atoms with van der Waals surface area (Å²) in [5.41, 5.74) is 0.747. The highest BCUT2D eigenvalue weighted by Crippen LogP contribution is 2.36. The first-order valence-electron chi connectivity index (χ1n) is 7.10. The maximum absolute atomic E-state index is 12.0. The summed E-state index contributed by atoms with van der Waals surface area (Å²) in [5, 5.41) is 44.6. The second kappa shape index (κ2) is 7.77. The highest BCUT2D eigenvalue weighted by atomic mass is 16.6. The highest BCUT2D eigenvalue weighted by Gasteiger charge is 2.19. The minimum Gasteiger partial charge on any atom is -0.507 e. The van der Waals surface area contributed by atoms with Crippen LogP contribution in [0.15, 0.2) is 35.4 Å². The van der Waals surface area contributed by atoms with Gasteiger partial charge in [0.1, 0.15) is 5.75 Å². The number of amides is 1. The van der Waals surface area contributed by atoms with Crippen LogP contribution in [0.1, 0.15) is 15.9 Å². The Morgan fingerprint density at radius 1 is 1.19 bits per heavy atom. The Hall–Kier alpha value is -4.22. The zero-order valence-electron chi connectivity index (χ0n) is 13.6. The number of benzene rings is 2. The Morgan fingerprint density at radius 2 is 1.89 bits per heavy atom. The van der Waals surface area contributed by atoms with Crippen molar-refractivity contribution in [2.75, 3.05) is 7.11 Å². The van der Waals surface area contributed by atoms with Crippen molar-refractivity contribution in [3.05, 3.63) is 61.7 Å².